The molecule has 0 unspecified atom stereocenters. The summed E-state index contributed by atoms with van der Waals surface area (Å²) in [7, 11) is 3.16. The first-order valence-corrected chi connectivity index (χ1v) is 2.41. The molecule has 0 aliphatic carbocycles. The predicted molar refractivity (Wildman–Crippen MR) is 36.6 cm³/mol. The molecule has 0 aromatic carbocycles. The molecule has 0 aromatic heterocycles. The fourth-order valence-electron chi connectivity index (χ4n) is 0.208. The molecule has 4 nitrogen and oxygen atoms in total. The number of ether oxygens (including phenoxy) is 1. The number of methoxy groups -OCH3 is 1. The number of hydrogen-bond donors (Lipinski definition) is 1. The van der Waals surface area contributed by atoms with Crippen LogP contribution in [0, 0.1) is 0 Å². The Bertz CT molecular complexity index is 119. The van der Waals surface area contributed by atoms with Crippen molar-refractivity contribution in [1.29, 1.82) is 0 Å². The lowest BCUT2D eigenvalue weighted by atomic mass is 10.9. The van der Waals surface area contributed by atoms with Crippen LogP contribution in [0.1, 0.15) is 0 Å². The third-order valence-electron chi connectivity index (χ3n) is 0.619. The van der Waals surface area contributed by atoms with Crippen LogP contribution in [0.4, 0.5) is 0 Å². The second kappa shape index (κ2) is 3.91. The van der Waals surface area contributed by atoms with E-state index in [0.29, 0.717) is 5.88 Å². The Morgan fingerprint density at radius 2 is 2.44 bits per heavy atom. The summed E-state index contributed by atoms with van der Waals surface area (Å²) >= 11 is 0. The first kappa shape index (κ1) is 7.97. The number of aliphatic imine (C=N–C) groups is 1. The Morgan fingerprint density at radius 1 is 1.89 bits per heavy atom. The summed E-state index contributed by atoms with van der Waals surface area (Å²) < 4.78 is 4.63. The van der Waals surface area contributed by atoms with Gasteiger partial charge in [0.2, 0.25) is 5.88 Å². The highest BCUT2D eigenvalue weighted by molar-refractivity contribution is 5.54. The van der Waals surface area contributed by atoms with Crippen LogP contribution >= 0.6 is 0 Å². The van der Waals surface area contributed by atoms with E-state index in [1.807, 2.05) is 0 Å². The maximum Gasteiger partial charge on any atom is 0.206 e. The van der Waals surface area contributed by atoms with Gasteiger partial charge >= 0.3 is 0 Å². The molecule has 0 saturated carbocycles. The standard InChI is InChI=1S/C5H11N3O/c1-5(9-3)7-4-8(2)6/h4H,1,6H2,2-3H3/b7-4-. The molecule has 0 atom stereocenters. The third-order valence-corrected chi connectivity index (χ3v) is 0.619. The molecule has 0 aliphatic heterocycles. The van der Waals surface area contributed by atoms with E-state index in [0.717, 1.165) is 0 Å². The van der Waals surface area contributed by atoms with E-state index in [-0.39, 0.29) is 0 Å². The summed E-state index contributed by atoms with van der Waals surface area (Å²) in [5.41, 5.74) is 0. The first-order valence-electron chi connectivity index (χ1n) is 2.41. The van der Waals surface area contributed by atoms with Crippen molar-refractivity contribution in [3.63, 3.8) is 0 Å². The number of hydrazine groups is 1. The van der Waals surface area contributed by atoms with E-state index < -0.39 is 0 Å². The molecular weight excluding hydrogens is 118 g/mol. The van der Waals surface area contributed by atoms with Crippen molar-refractivity contribution in [1.82, 2.24) is 5.01 Å². The second-order valence-corrected chi connectivity index (χ2v) is 1.51. The summed E-state index contributed by atoms with van der Waals surface area (Å²) in [4.78, 5) is 3.70. The highest BCUT2D eigenvalue weighted by Crippen LogP contribution is 1.88. The van der Waals surface area contributed by atoms with Crippen molar-refractivity contribution in [3.05, 3.63) is 12.5 Å². The average Bonchev–Trinajstić information content (AvgIpc) is 1.83. The van der Waals surface area contributed by atoms with Crippen LogP contribution in [0.3, 0.4) is 0 Å². The normalized spacial score (nSPS) is 9.67. The van der Waals surface area contributed by atoms with E-state index in [2.05, 4.69) is 16.3 Å². The minimum absolute atomic E-state index is 0.340. The van der Waals surface area contributed by atoms with E-state index in [9.17, 15) is 0 Å². The molecule has 52 valence electrons. The zero-order valence-electron chi connectivity index (χ0n) is 5.66. The first-order chi connectivity index (χ1) is 4.16. The Labute approximate surface area is 54.6 Å². The van der Waals surface area contributed by atoms with Gasteiger partial charge in [0.1, 0.15) is 6.34 Å². The summed E-state index contributed by atoms with van der Waals surface area (Å²) in [5.74, 6) is 5.52. The Balaban J connectivity index is 3.57. The van der Waals surface area contributed by atoms with Gasteiger partial charge in [-0.15, -0.1) is 0 Å². The fourth-order valence-corrected chi connectivity index (χ4v) is 0.208. The second-order valence-electron chi connectivity index (χ2n) is 1.51. The molecule has 0 amide bonds. The molecule has 0 saturated heterocycles. The van der Waals surface area contributed by atoms with Crippen molar-refractivity contribution in [3.8, 4) is 0 Å². The van der Waals surface area contributed by atoms with Gasteiger partial charge in [-0.3, -0.25) is 0 Å². The van der Waals surface area contributed by atoms with E-state index in [1.54, 1.807) is 7.05 Å². The average molecular weight is 129 g/mol. The largest absolute Gasteiger partial charge is 0.481 e. The van der Waals surface area contributed by atoms with Crippen LogP contribution in [-0.2, 0) is 4.74 Å². The Morgan fingerprint density at radius 3 is 2.78 bits per heavy atom. The van der Waals surface area contributed by atoms with Crippen molar-refractivity contribution in [2.75, 3.05) is 14.2 Å². The van der Waals surface area contributed by atoms with Crippen molar-refractivity contribution in [2.45, 2.75) is 0 Å². The molecule has 2 N–H and O–H groups in total. The molecule has 0 aromatic rings. The molecule has 0 radical (unpaired) electrons. The quantitative estimate of drug-likeness (QED) is 0.191. The lowest BCUT2D eigenvalue weighted by molar-refractivity contribution is 0.290. The maximum absolute atomic E-state index is 5.18. The van der Waals surface area contributed by atoms with Crippen LogP contribution in [-0.4, -0.2) is 25.5 Å². The Hall–Kier alpha value is -1.03. The van der Waals surface area contributed by atoms with Gasteiger partial charge in [-0.2, -0.15) is 0 Å². The molecule has 0 bridgehead atoms. The van der Waals surface area contributed by atoms with E-state index in [4.69, 9.17) is 5.84 Å². The zero-order valence-corrected chi connectivity index (χ0v) is 5.66. The van der Waals surface area contributed by atoms with Gasteiger partial charge in [0.05, 0.1) is 7.11 Å². The minimum Gasteiger partial charge on any atom is -0.481 e. The van der Waals surface area contributed by atoms with Crippen molar-refractivity contribution < 1.29 is 4.74 Å². The predicted octanol–water partition coefficient (Wildman–Crippen LogP) is -0.0622. The maximum atomic E-state index is 5.18. The van der Waals surface area contributed by atoms with Crippen LogP contribution < -0.4 is 5.84 Å². The summed E-state index contributed by atoms with van der Waals surface area (Å²) in [5, 5.41) is 1.31. The molecule has 0 fully saturated rings. The van der Waals surface area contributed by atoms with Crippen molar-refractivity contribution >= 4 is 6.34 Å². The lowest BCUT2D eigenvalue weighted by Gasteiger charge is -2.01. The monoisotopic (exact) mass is 129 g/mol. The topological polar surface area (TPSA) is 50.8 Å². The molecular formula is C5H11N3O. The molecule has 0 heterocycles. The number of nitrogens with two attached hydrogens (primary N) is 1. The molecule has 4 heteroatoms. The minimum atomic E-state index is 0.340. The third kappa shape index (κ3) is 4.83. The van der Waals surface area contributed by atoms with Gasteiger partial charge in [0, 0.05) is 7.05 Å². The van der Waals surface area contributed by atoms with Crippen molar-refractivity contribution in [2.24, 2.45) is 10.8 Å². The number of rotatable bonds is 3. The lowest BCUT2D eigenvalue weighted by Crippen LogP contribution is -2.23. The van der Waals surface area contributed by atoms with Crippen LogP contribution in [0.2, 0.25) is 0 Å². The summed E-state index contributed by atoms with van der Waals surface area (Å²) in [6.07, 6.45) is 1.41. The number of hydrogen-bond acceptors (Lipinski definition) is 3. The summed E-state index contributed by atoms with van der Waals surface area (Å²) in [6, 6.07) is 0. The molecule has 9 heavy (non-hydrogen) atoms. The number of nitrogens with zero attached hydrogens (tertiary/aromatic N) is 2. The Kier molecular flexibility index (Phi) is 3.46. The van der Waals surface area contributed by atoms with Gasteiger partial charge in [-0.25, -0.2) is 10.8 Å². The van der Waals surface area contributed by atoms with Gasteiger partial charge in [0.15, 0.2) is 0 Å². The van der Waals surface area contributed by atoms with Crippen LogP contribution in [0.25, 0.3) is 0 Å². The fraction of sp³-hybridized carbons (Fsp3) is 0.400. The summed E-state index contributed by atoms with van der Waals surface area (Å²) in [6.45, 7) is 3.44. The smallest absolute Gasteiger partial charge is 0.206 e. The van der Waals surface area contributed by atoms with E-state index >= 15 is 0 Å². The molecule has 0 aliphatic rings. The molecule has 0 spiro atoms. The SMILES string of the molecule is C=C(/N=C\N(C)N)OC. The van der Waals surface area contributed by atoms with Crippen LogP contribution in [0.15, 0.2) is 17.5 Å². The van der Waals surface area contributed by atoms with E-state index in [1.165, 1.54) is 18.5 Å². The van der Waals surface area contributed by atoms with Gasteiger partial charge in [0.25, 0.3) is 0 Å². The highest BCUT2D eigenvalue weighted by atomic mass is 16.5. The van der Waals surface area contributed by atoms with Gasteiger partial charge in [-0.05, 0) is 6.58 Å². The highest BCUT2D eigenvalue weighted by Gasteiger charge is 1.81. The van der Waals surface area contributed by atoms with Gasteiger partial charge < -0.3 is 9.75 Å². The zero-order chi connectivity index (χ0) is 7.28. The van der Waals surface area contributed by atoms with Crippen LogP contribution in [0.5, 0.6) is 0 Å². The van der Waals surface area contributed by atoms with Gasteiger partial charge in [-0.1, -0.05) is 0 Å². The molecule has 0 rings (SSSR count).